The van der Waals surface area contributed by atoms with E-state index >= 15 is 0 Å². The number of rotatable bonds is 5. The summed E-state index contributed by atoms with van der Waals surface area (Å²) in [5.74, 6) is -2.13. The molecule has 1 rings (SSSR count). The topological polar surface area (TPSA) is 45.0 Å². The van der Waals surface area contributed by atoms with E-state index in [9.17, 15) is 8.78 Å². The van der Waals surface area contributed by atoms with Crippen molar-refractivity contribution in [1.29, 1.82) is 5.26 Å². The quantitative estimate of drug-likeness (QED) is 0.783. The number of nitriles is 1. The molecular formula is C11H12F2N2O. The van der Waals surface area contributed by atoms with Crippen LogP contribution in [0.15, 0.2) is 12.1 Å². The summed E-state index contributed by atoms with van der Waals surface area (Å²) in [5, 5.41) is 11.2. The van der Waals surface area contributed by atoms with Crippen molar-refractivity contribution in [2.75, 3.05) is 25.6 Å². The van der Waals surface area contributed by atoms with Crippen LogP contribution in [-0.2, 0) is 4.74 Å². The average molecular weight is 226 g/mol. The van der Waals surface area contributed by atoms with Crippen LogP contribution in [0.5, 0.6) is 0 Å². The number of methoxy groups -OCH3 is 1. The Bertz CT molecular complexity index is 402. The molecule has 3 nitrogen and oxygen atoms in total. The summed E-state index contributed by atoms with van der Waals surface area (Å²) in [6.45, 7) is 1.03. The van der Waals surface area contributed by atoms with Gasteiger partial charge < -0.3 is 10.1 Å². The van der Waals surface area contributed by atoms with E-state index in [1.165, 1.54) is 12.1 Å². The third kappa shape index (κ3) is 2.91. The van der Waals surface area contributed by atoms with Gasteiger partial charge in [-0.1, -0.05) is 0 Å². The van der Waals surface area contributed by atoms with Crippen LogP contribution < -0.4 is 5.32 Å². The van der Waals surface area contributed by atoms with Crippen LogP contribution in [0.3, 0.4) is 0 Å². The van der Waals surface area contributed by atoms with E-state index in [1.54, 1.807) is 13.2 Å². The first kappa shape index (κ1) is 12.4. The van der Waals surface area contributed by atoms with Gasteiger partial charge in [-0.2, -0.15) is 5.26 Å². The van der Waals surface area contributed by atoms with Gasteiger partial charge in [-0.25, -0.2) is 8.78 Å². The van der Waals surface area contributed by atoms with Gasteiger partial charge in [0.05, 0.1) is 11.3 Å². The van der Waals surface area contributed by atoms with E-state index in [0.29, 0.717) is 19.6 Å². The maximum atomic E-state index is 13.3. The highest BCUT2D eigenvalue weighted by Gasteiger charge is 2.12. The Labute approximate surface area is 92.6 Å². The van der Waals surface area contributed by atoms with E-state index in [2.05, 4.69) is 5.32 Å². The molecule has 0 aliphatic rings. The highest BCUT2D eigenvalue weighted by atomic mass is 19.2. The Morgan fingerprint density at radius 2 is 2.12 bits per heavy atom. The zero-order valence-corrected chi connectivity index (χ0v) is 8.89. The van der Waals surface area contributed by atoms with Gasteiger partial charge in [-0.05, 0) is 18.6 Å². The van der Waals surface area contributed by atoms with Crippen molar-refractivity contribution in [2.45, 2.75) is 6.42 Å². The molecule has 1 aromatic carbocycles. The van der Waals surface area contributed by atoms with Crippen LogP contribution in [0.1, 0.15) is 12.0 Å². The van der Waals surface area contributed by atoms with Crippen LogP contribution in [0.25, 0.3) is 0 Å². The minimum absolute atomic E-state index is 0.0626. The van der Waals surface area contributed by atoms with Crippen LogP contribution in [0.4, 0.5) is 14.5 Å². The fourth-order valence-electron chi connectivity index (χ4n) is 1.21. The number of ether oxygens (including phenoxy) is 1. The molecule has 86 valence electrons. The normalized spacial score (nSPS) is 9.88. The van der Waals surface area contributed by atoms with Gasteiger partial charge in [-0.3, -0.25) is 0 Å². The van der Waals surface area contributed by atoms with E-state index in [-0.39, 0.29) is 11.3 Å². The van der Waals surface area contributed by atoms with Crippen molar-refractivity contribution in [1.82, 2.24) is 0 Å². The predicted octanol–water partition coefficient (Wildman–Crippen LogP) is 2.28. The molecule has 0 aromatic heterocycles. The van der Waals surface area contributed by atoms with Crippen molar-refractivity contribution >= 4 is 5.69 Å². The average Bonchev–Trinajstić information content (AvgIpc) is 2.30. The molecule has 0 atom stereocenters. The summed E-state index contributed by atoms with van der Waals surface area (Å²) >= 11 is 0. The molecule has 0 aliphatic carbocycles. The zero-order chi connectivity index (χ0) is 12.0. The monoisotopic (exact) mass is 226 g/mol. The smallest absolute Gasteiger partial charge is 0.183 e. The Morgan fingerprint density at radius 1 is 1.38 bits per heavy atom. The largest absolute Gasteiger partial charge is 0.385 e. The minimum Gasteiger partial charge on any atom is -0.385 e. The lowest BCUT2D eigenvalue weighted by Gasteiger charge is -2.08. The second kappa shape index (κ2) is 6.03. The van der Waals surface area contributed by atoms with Gasteiger partial charge in [-0.15, -0.1) is 0 Å². The molecule has 5 heteroatoms. The number of hydrogen-bond donors (Lipinski definition) is 1. The summed E-state index contributed by atoms with van der Waals surface area (Å²) in [7, 11) is 1.57. The lowest BCUT2D eigenvalue weighted by Crippen LogP contribution is -2.07. The Kier molecular flexibility index (Phi) is 4.67. The molecule has 1 N–H and O–H groups in total. The zero-order valence-electron chi connectivity index (χ0n) is 8.89. The van der Waals surface area contributed by atoms with Gasteiger partial charge in [0.1, 0.15) is 6.07 Å². The van der Waals surface area contributed by atoms with Crippen LogP contribution >= 0.6 is 0 Å². The first-order chi connectivity index (χ1) is 7.70. The molecule has 0 unspecified atom stereocenters. The molecule has 0 bridgehead atoms. The van der Waals surface area contributed by atoms with Crippen LogP contribution in [0, 0.1) is 23.0 Å². The molecule has 0 saturated carbocycles. The van der Waals surface area contributed by atoms with Gasteiger partial charge >= 0.3 is 0 Å². The van der Waals surface area contributed by atoms with Crippen LogP contribution in [-0.4, -0.2) is 20.3 Å². The number of anilines is 1. The van der Waals surface area contributed by atoms with Gasteiger partial charge in [0, 0.05) is 20.3 Å². The molecular weight excluding hydrogens is 214 g/mol. The summed E-state index contributed by atoms with van der Waals surface area (Å²) in [5.41, 5.74) is -0.229. The highest BCUT2D eigenvalue weighted by molar-refractivity contribution is 5.49. The maximum absolute atomic E-state index is 13.3. The van der Waals surface area contributed by atoms with E-state index < -0.39 is 11.6 Å². The maximum Gasteiger partial charge on any atom is 0.183 e. The van der Waals surface area contributed by atoms with E-state index in [0.717, 1.165) is 0 Å². The molecule has 0 saturated heterocycles. The lowest BCUT2D eigenvalue weighted by atomic mass is 10.2. The van der Waals surface area contributed by atoms with Crippen molar-refractivity contribution in [3.05, 3.63) is 29.3 Å². The summed E-state index contributed by atoms with van der Waals surface area (Å²) < 4.78 is 31.3. The van der Waals surface area contributed by atoms with E-state index in [4.69, 9.17) is 10.00 Å². The standard InChI is InChI=1S/C11H12F2N2O/c1-16-6-2-5-15-9-4-3-8(7-14)10(12)11(9)13/h3-4,15H,2,5-6H2,1H3. The summed E-state index contributed by atoms with van der Waals surface area (Å²) in [6.07, 6.45) is 0.692. The van der Waals surface area contributed by atoms with Gasteiger partial charge in [0.2, 0.25) is 0 Å². The number of benzene rings is 1. The van der Waals surface area contributed by atoms with Gasteiger partial charge in [0.15, 0.2) is 11.6 Å². The fraction of sp³-hybridized carbons (Fsp3) is 0.364. The highest BCUT2D eigenvalue weighted by Crippen LogP contribution is 2.19. The number of nitrogens with zero attached hydrogens (tertiary/aromatic N) is 1. The second-order valence-corrected chi connectivity index (χ2v) is 3.17. The molecule has 16 heavy (non-hydrogen) atoms. The molecule has 0 amide bonds. The number of nitrogens with one attached hydrogen (secondary N) is 1. The Morgan fingerprint density at radius 3 is 2.75 bits per heavy atom. The first-order valence-electron chi connectivity index (χ1n) is 4.81. The van der Waals surface area contributed by atoms with Crippen molar-refractivity contribution in [2.24, 2.45) is 0 Å². The summed E-state index contributed by atoms with van der Waals surface area (Å²) in [4.78, 5) is 0. The molecule has 0 aliphatic heterocycles. The predicted molar refractivity (Wildman–Crippen MR) is 56.1 cm³/mol. The van der Waals surface area contributed by atoms with Crippen molar-refractivity contribution in [3.8, 4) is 6.07 Å². The second-order valence-electron chi connectivity index (χ2n) is 3.17. The minimum atomic E-state index is -1.11. The summed E-state index contributed by atoms with van der Waals surface area (Å²) in [6, 6.07) is 4.17. The fourth-order valence-corrected chi connectivity index (χ4v) is 1.21. The third-order valence-electron chi connectivity index (χ3n) is 2.04. The number of halogens is 2. The lowest BCUT2D eigenvalue weighted by molar-refractivity contribution is 0.197. The van der Waals surface area contributed by atoms with Crippen LogP contribution in [0.2, 0.25) is 0 Å². The molecule has 0 radical (unpaired) electrons. The molecule has 0 heterocycles. The van der Waals surface area contributed by atoms with Gasteiger partial charge in [0.25, 0.3) is 0 Å². The SMILES string of the molecule is COCCCNc1ccc(C#N)c(F)c1F. The number of hydrogen-bond acceptors (Lipinski definition) is 3. The van der Waals surface area contributed by atoms with Crippen molar-refractivity contribution in [3.63, 3.8) is 0 Å². The Hall–Kier alpha value is -1.67. The first-order valence-corrected chi connectivity index (χ1v) is 4.81. The molecule has 1 aromatic rings. The molecule has 0 spiro atoms. The molecule has 0 fully saturated rings. The van der Waals surface area contributed by atoms with Crippen molar-refractivity contribution < 1.29 is 13.5 Å². The third-order valence-corrected chi connectivity index (χ3v) is 2.04. The Balaban J connectivity index is 2.68. The van der Waals surface area contributed by atoms with E-state index in [1.807, 2.05) is 0 Å².